The monoisotopic (exact) mass is 391 g/mol. The summed E-state index contributed by atoms with van der Waals surface area (Å²) < 4.78 is 5.62. The minimum atomic E-state index is 0.647. The molecule has 0 amide bonds. The standard InChI is InChI=1S/C23H29N5O/c1-17-9-6-7-15-28(17)16-8-13-24-23-25-14-12-20(26-23)21-18(2)27-29-22(21)19-10-4-3-5-11-19/h3-5,10-12,14,17H,6-9,13,15-16H2,1-2H3,(H,24,25,26). The number of aryl methyl sites for hydroxylation is 1. The van der Waals surface area contributed by atoms with Crippen LogP contribution < -0.4 is 5.32 Å². The number of anilines is 1. The van der Waals surface area contributed by atoms with Crippen LogP contribution in [-0.4, -0.2) is 45.7 Å². The van der Waals surface area contributed by atoms with Crippen LogP contribution in [0.2, 0.25) is 0 Å². The van der Waals surface area contributed by atoms with Gasteiger partial charge in [0.25, 0.3) is 0 Å². The lowest BCUT2D eigenvalue weighted by molar-refractivity contribution is 0.160. The summed E-state index contributed by atoms with van der Waals surface area (Å²) in [7, 11) is 0. The van der Waals surface area contributed by atoms with Gasteiger partial charge in [-0.3, -0.25) is 0 Å². The van der Waals surface area contributed by atoms with E-state index in [1.54, 1.807) is 6.20 Å². The molecule has 1 unspecified atom stereocenters. The normalized spacial score (nSPS) is 17.4. The first-order chi connectivity index (χ1) is 14.2. The zero-order valence-corrected chi connectivity index (χ0v) is 17.3. The lowest BCUT2D eigenvalue weighted by atomic mass is 10.0. The summed E-state index contributed by atoms with van der Waals surface area (Å²) in [6.45, 7) is 7.49. The van der Waals surface area contributed by atoms with E-state index in [1.165, 1.54) is 25.8 Å². The fraction of sp³-hybridized carbons (Fsp3) is 0.435. The zero-order valence-electron chi connectivity index (χ0n) is 17.3. The summed E-state index contributed by atoms with van der Waals surface area (Å²) in [6, 6.07) is 12.6. The number of hydrogen-bond donors (Lipinski definition) is 1. The van der Waals surface area contributed by atoms with Crippen molar-refractivity contribution in [3.8, 4) is 22.6 Å². The van der Waals surface area contributed by atoms with Crippen LogP contribution in [0, 0.1) is 6.92 Å². The number of piperidine rings is 1. The van der Waals surface area contributed by atoms with Gasteiger partial charge < -0.3 is 14.7 Å². The molecule has 0 aliphatic carbocycles. The van der Waals surface area contributed by atoms with E-state index >= 15 is 0 Å². The first-order valence-corrected chi connectivity index (χ1v) is 10.6. The van der Waals surface area contributed by atoms with Crippen molar-refractivity contribution in [1.82, 2.24) is 20.0 Å². The molecular weight excluding hydrogens is 362 g/mol. The van der Waals surface area contributed by atoms with Crippen molar-refractivity contribution in [2.75, 3.05) is 25.0 Å². The highest BCUT2D eigenvalue weighted by Crippen LogP contribution is 2.33. The molecule has 1 fully saturated rings. The van der Waals surface area contributed by atoms with Crippen LogP contribution in [0.15, 0.2) is 47.1 Å². The quantitative estimate of drug-likeness (QED) is 0.585. The molecule has 0 radical (unpaired) electrons. The number of nitrogens with one attached hydrogen (secondary N) is 1. The highest BCUT2D eigenvalue weighted by molar-refractivity contribution is 5.79. The average molecular weight is 392 g/mol. The Bertz CT molecular complexity index is 924. The maximum absolute atomic E-state index is 5.62. The Labute approximate surface area is 172 Å². The van der Waals surface area contributed by atoms with Crippen LogP contribution in [-0.2, 0) is 0 Å². The van der Waals surface area contributed by atoms with E-state index in [1.807, 2.05) is 43.3 Å². The van der Waals surface area contributed by atoms with E-state index in [2.05, 4.69) is 27.3 Å². The van der Waals surface area contributed by atoms with Gasteiger partial charge in [0.2, 0.25) is 5.95 Å². The molecule has 1 atom stereocenters. The second-order valence-corrected chi connectivity index (χ2v) is 7.76. The van der Waals surface area contributed by atoms with Crippen LogP contribution >= 0.6 is 0 Å². The summed E-state index contributed by atoms with van der Waals surface area (Å²) in [5, 5.41) is 7.55. The lowest BCUT2D eigenvalue weighted by Gasteiger charge is -2.33. The first kappa shape index (κ1) is 19.6. The molecule has 3 aromatic rings. The predicted molar refractivity (Wildman–Crippen MR) is 116 cm³/mol. The highest BCUT2D eigenvalue weighted by atomic mass is 16.5. The number of nitrogens with zero attached hydrogens (tertiary/aromatic N) is 4. The van der Waals surface area contributed by atoms with Gasteiger partial charge >= 0.3 is 0 Å². The van der Waals surface area contributed by atoms with E-state index in [4.69, 9.17) is 9.51 Å². The maximum Gasteiger partial charge on any atom is 0.223 e. The van der Waals surface area contributed by atoms with E-state index in [0.717, 1.165) is 47.8 Å². The third-order valence-corrected chi connectivity index (χ3v) is 5.66. The van der Waals surface area contributed by atoms with E-state index < -0.39 is 0 Å². The van der Waals surface area contributed by atoms with Crippen molar-refractivity contribution in [2.45, 2.75) is 45.6 Å². The maximum atomic E-state index is 5.62. The van der Waals surface area contributed by atoms with E-state index in [0.29, 0.717) is 12.0 Å². The minimum absolute atomic E-state index is 0.647. The fourth-order valence-corrected chi connectivity index (χ4v) is 4.01. The van der Waals surface area contributed by atoms with Crippen LogP contribution in [0.3, 0.4) is 0 Å². The highest BCUT2D eigenvalue weighted by Gasteiger charge is 2.19. The summed E-state index contributed by atoms with van der Waals surface area (Å²) in [4.78, 5) is 11.7. The topological polar surface area (TPSA) is 67.1 Å². The van der Waals surface area contributed by atoms with Crippen LogP contribution in [0.4, 0.5) is 5.95 Å². The molecule has 0 spiro atoms. The van der Waals surface area contributed by atoms with Gasteiger partial charge in [-0.15, -0.1) is 0 Å². The van der Waals surface area contributed by atoms with Crippen molar-refractivity contribution in [1.29, 1.82) is 0 Å². The van der Waals surface area contributed by atoms with Gasteiger partial charge in [0.05, 0.1) is 17.0 Å². The van der Waals surface area contributed by atoms with Crippen molar-refractivity contribution in [3.05, 3.63) is 48.3 Å². The van der Waals surface area contributed by atoms with Gasteiger partial charge in [-0.2, -0.15) is 0 Å². The third-order valence-electron chi connectivity index (χ3n) is 5.66. The molecule has 1 aromatic carbocycles. The molecule has 1 saturated heterocycles. The Morgan fingerprint density at radius 2 is 2.03 bits per heavy atom. The smallest absolute Gasteiger partial charge is 0.223 e. The number of benzene rings is 1. The molecule has 3 heterocycles. The minimum Gasteiger partial charge on any atom is -0.355 e. The lowest BCUT2D eigenvalue weighted by Crippen LogP contribution is -2.38. The van der Waals surface area contributed by atoms with Crippen LogP contribution in [0.5, 0.6) is 0 Å². The molecule has 0 saturated carbocycles. The van der Waals surface area contributed by atoms with Gasteiger partial charge in [0.15, 0.2) is 5.76 Å². The summed E-state index contributed by atoms with van der Waals surface area (Å²) >= 11 is 0. The van der Waals surface area contributed by atoms with E-state index in [-0.39, 0.29) is 0 Å². The molecule has 1 aliphatic heterocycles. The molecule has 6 heteroatoms. The SMILES string of the molecule is Cc1noc(-c2ccccc2)c1-c1ccnc(NCCCN2CCCCC2C)n1. The molecule has 4 rings (SSSR count). The van der Waals surface area contributed by atoms with Crippen LogP contribution in [0.1, 0.15) is 38.3 Å². The first-order valence-electron chi connectivity index (χ1n) is 10.6. The van der Waals surface area contributed by atoms with Gasteiger partial charge in [-0.1, -0.05) is 41.9 Å². The summed E-state index contributed by atoms with van der Waals surface area (Å²) in [5.41, 5.74) is 3.56. The van der Waals surface area contributed by atoms with E-state index in [9.17, 15) is 0 Å². The molecule has 29 heavy (non-hydrogen) atoms. The third kappa shape index (κ3) is 4.65. The average Bonchev–Trinajstić information content (AvgIpc) is 3.15. The molecule has 0 bridgehead atoms. The molecule has 6 nitrogen and oxygen atoms in total. The number of aromatic nitrogens is 3. The van der Waals surface area contributed by atoms with Crippen molar-refractivity contribution in [3.63, 3.8) is 0 Å². The Balaban J connectivity index is 1.43. The fourth-order valence-electron chi connectivity index (χ4n) is 4.01. The Morgan fingerprint density at radius 3 is 2.86 bits per heavy atom. The number of likely N-dealkylation sites (tertiary alicyclic amines) is 1. The van der Waals surface area contributed by atoms with Crippen molar-refractivity contribution >= 4 is 5.95 Å². The number of hydrogen-bond acceptors (Lipinski definition) is 6. The van der Waals surface area contributed by atoms with Crippen molar-refractivity contribution < 1.29 is 4.52 Å². The number of rotatable bonds is 7. The Morgan fingerprint density at radius 1 is 1.17 bits per heavy atom. The van der Waals surface area contributed by atoms with Gasteiger partial charge in [0.1, 0.15) is 0 Å². The molecule has 1 N–H and O–H groups in total. The Kier molecular flexibility index (Phi) is 6.20. The molecular formula is C23H29N5O. The van der Waals surface area contributed by atoms with Gasteiger partial charge in [-0.05, 0) is 45.7 Å². The van der Waals surface area contributed by atoms with Crippen molar-refractivity contribution in [2.24, 2.45) is 0 Å². The second-order valence-electron chi connectivity index (χ2n) is 7.76. The second kappa shape index (κ2) is 9.18. The van der Waals surface area contributed by atoms with Gasteiger partial charge in [-0.25, -0.2) is 9.97 Å². The zero-order chi connectivity index (χ0) is 20.1. The summed E-state index contributed by atoms with van der Waals surface area (Å²) in [5.74, 6) is 1.39. The molecule has 1 aliphatic rings. The predicted octanol–water partition coefficient (Wildman–Crippen LogP) is 4.78. The molecule has 2 aromatic heterocycles. The Hall–Kier alpha value is -2.73. The van der Waals surface area contributed by atoms with Crippen LogP contribution in [0.25, 0.3) is 22.6 Å². The summed E-state index contributed by atoms with van der Waals surface area (Å²) in [6.07, 6.45) is 6.88. The molecule has 152 valence electrons. The largest absolute Gasteiger partial charge is 0.355 e. The van der Waals surface area contributed by atoms with Gasteiger partial charge in [0, 0.05) is 30.9 Å².